The summed E-state index contributed by atoms with van der Waals surface area (Å²) in [5.41, 5.74) is 0.173. The highest BCUT2D eigenvalue weighted by Crippen LogP contribution is 2.37. The summed E-state index contributed by atoms with van der Waals surface area (Å²) in [7, 11) is -1.48. The molecule has 1 aromatic carbocycles. The molecule has 0 aliphatic heterocycles. The number of H-pyrrole nitrogens is 1. The quantitative estimate of drug-likeness (QED) is 0.762. The van der Waals surface area contributed by atoms with Crippen molar-refractivity contribution in [1.82, 2.24) is 4.98 Å². The zero-order valence-corrected chi connectivity index (χ0v) is 15.4. The summed E-state index contributed by atoms with van der Waals surface area (Å²) >= 11 is 0. The van der Waals surface area contributed by atoms with Crippen LogP contribution in [-0.2, 0) is 25.5 Å². The van der Waals surface area contributed by atoms with E-state index in [-0.39, 0.29) is 17.7 Å². The molecule has 0 saturated heterocycles. The van der Waals surface area contributed by atoms with E-state index in [9.17, 15) is 26.4 Å². The first kappa shape index (κ1) is 21.8. The first-order valence-electron chi connectivity index (χ1n) is 7.62. The minimum atomic E-state index is -4.43. The molecule has 0 amide bonds. The number of fused-ring (bicyclic) bond motifs is 1. The van der Waals surface area contributed by atoms with Gasteiger partial charge in [0.25, 0.3) is 6.47 Å². The average molecular weight is 394 g/mol. The third-order valence-corrected chi connectivity index (χ3v) is 4.37. The maximum absolute atomic E-state index is 12.9. The van der Waals surface area contributed by atoms with Crippen LogP contribution < -0.4 is 4.90 Å². The smallest absolute Gasteiger partial charge is 0.417 e. The first-order valence-corrected chi connectivity index (χ1v) is 9.68. The molecule has 0 aliphatic carbocycles. The van der Waals surface area contributed by atoms with Gasteiger partial charge in [0.05, 0.1) is 29.1 Å². The molecule has 1 heterocycles. The van der Waals surface area contributed by atoms with Gasteiger partial charge in [0.1, 0.15) is 9.84 Å². The Labute approximate surface area is 149 Å². The predicted molar refractivity (Wildman–Crippen MR) is 94.0 cm³/mol. The number of nitrogens with one attached hydrogen (secondary N) is 1. The van der Waals surface area contributed by atoms with Crippen molar-refractivity contribution in [2.45, 2.75) is 13.1 Å². The van der Waals surface area contributed by atoms with Gasteiger partial charge >= 0.3 is 6.18 Å². The highest BCUT2D eigenvalue weighted by Gasteiger charge is 2.33. The van der Waals surface area contributed by atoms with Crippen LogP contribution in [0.5, 0.6) is 0 Å². The molecule has 146 valence electrons. The highest BCUT2D eigenvalue weighted by molar-refractivity contribution is 7.90. The third kappa shape index (κ3) is 6.25. The third-order valence-electron chi connectivity index (χ3n) is 3.45. The van der Waals surface area contributed by atoms with Crippen LogP contribution in [0.25, 0.3) is 10.9 Å². The lowest BCUT2D eigenvalue weighted by Gasteiger charge is -2.21. The van der Waals surface area contributed by atoms with Gasteiger partial charge in [-0.1, -0.05) is 0 Å². The molecular weight excluding hydrogens is 373 g/mol. The second-order valence-corrected chi connectivity index (χ2v) is 7.76. The molecule has 10 heteroatoms. The molecule has 6 nitrogen and oxygen atoms in total. The van der Waals surface area contributed by atoms with Gasteiger partial charge in [-0.15, -0.1) is 0 Å². The van der Waals surface area contributed by atoms with E-state index in [0.29, 0.717) is 24.3 Å². The van der Waals surface area contributed by atoms with E-state index >= 15 is 0 Å². The Kier molecular flexibility index (Phi) is 7.49. The number of aromatic amines is 1. The summed E-state index contributed by atoms with van der Waals surface area (Å²) in [6.07, 6.45) is -1.87. The molecule has 1 aromatic heterocycles. The fourth-order valence-electron chi connectivity index (χ4n) is 2.20. The number of halogens is 3. The van der Waals surface area contributed by atoms with E-state index in [2.05, 4.69) is 9.72 Å². The normalized spacial score (nSPS) is 11.6. The van der Waals surface area contributed by atoms with Crippen LogP contribution in [0.4, 0.5) is 18.9 Å². The number of sulfone groups is 1. The van der Waals surface area contributed by atoms with Crippen molar-refractivity contribution >= 4 is 32.9 Å². The van der Waals surface area contributed by atoms with Crippen molar-refractivity contribution in [2.24, 2.45) is 0 Å². The summed E-state index contributed by atoms with van der Waals surface area (Å²) in [6.45, 7) is 2.87. The molecule has 1 N–H and O–H groups in total. The summed E-state index contributed by atoms with van der Waals surface area (Å²) in [6, 6.07) is 3.73. The Morgan fingerprint density at radius 2 is 1.92 bits per heavy atom. The Morgan fingerprint density at radius 1 is 1.27 bits per heavy atom. The number of hydrogen-bond acceptors (Lipinski definition) is 5. The number of nitrogens with zero attached hydrogens (tertiary/aromatic N) is 1. The Morgan fingerprint density at radius 3 is 2.38 bits per heavy atom. The molecule has 0 unspecified atom stereocenters. The minimum Gasteiger partial charge on any atom is -0.468 e. The molecule has 0 fully saturated rings. The number of carbonyl (C=O) groups is 1. The van der Waals surface area contributed by atoms with Gasteiger partial charge in [-0.25, -0.2) is 8.42 Å². The molecule has 26 heavy (non-hydrogen) atoms. The first-order chi connectivity index (χ1) is 12.0. The summed E-state index contributed by atoms with van der Waals surface area (Å²) < 4.78 is 65.3. The second-order valence-electron chi connectivity index (χ2n) is 5.50. The van der Waals surface area contributed by atoms with E-state index in [1.807, 2.05) is 0 Å². The van der Waals surface area contributed by atoms with Gasteiger partial charge in [-0.2, -0.15) is 13.2 Å². The lowest BCUT2D eigenvalue weighted by molar-refractivity contribution is -0.136. The molecule has 0 atom stereocenters. The largest absolute Gasteiger partial charge is 0.468 e. The second kappa shape index (κ2) is 8.93. The predicted octanol–water partition coefficient (Wildman–Crippen LogP) is 2.85. The van der Waals surface area contributed by atoms with E-state index in [1.165, 1.54) is 18.3 Å². The van der Waals surface area contributed by atoms with Crippen LogP contribution in [-0.4, -0.2) is 52.1 Å². The Bertz CT molecular complexity index is 832. The Balaban J connectivity index is 0.000000597. The number of hydrogen-bond donors (Lipinski definition) is 1. The summed E-state index contributed by atoms with van der Waals surface area (Å²) in [5.74, 6) is -0.0628. The van der Waals surface area contributed by atoms with Gasteiger partial charge in [0.15, 0.2) is 0 Å². The zero-order chi connectivity index (χ0) is 20.0. The number of rotatable bonds is 6. The van der Waals surface area contributed by atoms with Crippen molar-refractivity contribution in [3.63, 3.8) is 0 Å². The molecule has 2 rings (SSSR count). The molecule has 0 spiro atoms. The van der Waals surface area contributed by atoms with Crippen molar-refractivity contribution in [1.29, 1.82) is 0 Å². The van der Waals surface area contributed by atoms with E-state index in [4.69, 9.17) is 0 Å². The molecule has 0 bridgehead atoms. The van der Waals surface area contributed by atoms with E-state index in [1.54, 1.807) is 18.9 Å². The van der Waals surface area contributed by atoms with Crippen LogP contribution in [0.15, 0.2) is 24.4 Å². The number of anilines is 1. The van der Waals surface area contributed by atoms with Crippen molar-refractivity contribution in [3.05, 3.63) is 30.0 Å². The van der Waals surface area contributed by atoms with E-state index in [0.717, 1.165) is 12.3 Å². The molecular formula is C16H21F3N2O4S. The Hall–Kier alpha value is -2.23. The fraction of sp³-hybridized carbons (Fsp3) is 0.438. The van der Waals surface area contributed by atoms with Crippen LogP contribution in [0.3, 0.4) is 0 Å². The topological polar surface area (TPSA) is 79.5 Å². The van der Waals surface area contributed by atoms with Crippen LogP contribution in [0.1, 0.15) is 12.5 Å². The lowest BCUT2D eigenvalue weighted by atomic mass is 10.1. The monoisotopic (exact) mass is 394 g/mol. The van der Waals surface area contributed by atoms with Crippen LogP contribution in [0, 0.1) is 0 Å². The highest BCUT2D eigenvalue weighted by atomic mass is 32.2. The van der Waals surface area contributed by atoms with Crippen molar-refractivity contribution in [3.8, 4) is 0 Å². The van der Waals surface area contributed by atoms with Crippen LogP contribution >= 0.6 is 0 Å². The fourth-order valence-corrected chi connectivity index (χ4v) is 2.80. The molecule has 0 aliphatic rings. The standard InChI is InChI=1S/C13H15F3N2O2S.C3H6O2/c1-18(7-8-21(2,19)20)11-4-3-10(13(14,15)16)9-5-6-17-12(9)11;1-2-5-3-4/h3-6,17H,7-8H2,1-2H3;3H,2H2,1H3. The maximum Gasteiger partial charge on any atom is 0.417 e. The molecule has 0 saturated carbocycles. The van der Waals surface area contributed by atoms with E-state index < -0.39 is 21.6 Å². The average Bonchev–Trinajstić information content (AvgIpc) is 3.00. The van der Waals surface area contributed by atoms with Gasteiger partial charge < -0.3 is 14.6 Å². The van der Waals surface area contributed by atoms with Crippen LogP contribution in [0.2, 0.25) is 0 Å². The SMILES string of the molecule is CCOC=O.CN(CCS(C)(=O)=O)c1ccc(C(F)(F)F)c2cc[nH]c12. The zero-order valence-electron chi connectivity index (χ0n) is 14.6. The van der Waals surface area contributed by atoms with Crippen molar-refractivity contribution < 1.29 is 31.1 Å². The minimum absolute atomic E-state index is 0.0628. The maximum atomic E-state index is 12.9. The summed E-state index contributed by atoms with van der Waals surface area (Å²) in [4.78, 5) is 13.6. The number of aromatic nitrogens is 1. The van der Waals surface area contributed by atoms with Crippen molar-refractivity contribution in [2.75, 3.05) is 37.1 Å². The molecule has 0 radical (unpaired) electrons. The summed E-state index contributed by atoms with van der Waals surface area (Å²) in [5, 5.41) is 0.0752. The number of carbonyl (C=O) groups excluding carboxylic acids is 1. The number of benzene rings is 1. The van der Waals surface area contributed by atoms with Gasteiger partial charge in [0, 0.05) is 31.4 Å². The van der Waals surface area contributed by atoms with Gasteiger partial charge in [0.2, 0.25) is 0 Å². The lowest BCUT2D eigenvalue weighted by Crippen LogP contribution is -2.25. The van der Waals surface area contributed by atoms with Gasteiger partial charge in [-0.3, -0.25) is 4.79 Å². The van der Waals surface area contributed by atoms with Gasteiger partial charge in [-0.05, 0) is 25.1 Å². The molecule has 2 aromatic rings. The number of ether oxygens (including phenoxy) is 1. The number of alkyl halides is 3.